The van der Waals surface area contributed by atoms with Crippen molar-refractivity contribution in [3.63, 3.8) is 0 Å². The summed E-state index contributed by atoms with van der Waals surface area (Å²) in [5, 5.41) is 2.51. The first-order chi connectivity index (χ1) is 15.8. The number of carbonyl (C=O) groups is 2. The Bertz CT molecular complexity index is 1210. The van der Waals surface area contributed by atoms with Crippen LogP contribution in [0.1, 0.15) is 52.6 Å². The number of piperidine rings is 1. The van der Waals surface area contributed by atoms with Crippen LogP contribution in [0.15, 0.2) is 29.2 Å². The zero-order valence-corrected chi connectivity index (χ0v) is 18.4. The van der Waals surface area contributed by atoms with Crippen molar-refractivity contribution in [3.8, 4) is 5.75 Å². The number of nitrogens with zero attached hydrogens (tertiary/aromatic N) is 2. The van der Waals surface area contributed by atoms with Crippen molar-refractivity contribution in [2.75, 3.05) is 7.11 Å². The molecule has 2 aromatic rings. The number of halogens is 2. The third kappa shape index (κ3) is 3.50. The van der Waals surface area contributed by atoms with E-state index in [1.54, 1.807) is 4.57 Å². The van der Waals surface area contributed by atoms with Crippen LogP contribution < -0.4 is 15.5 Å². The summed E-state index contributed by atoms with van der Waals surface area (Å²) < 4.78 is 34.0. The van der Waals surface area contributed by atoms with Gasteiger partial charge in [0.1, 0.15) is 17.2 Å². The SMILES string of the molecule is COc1c2n(cc(C(=O)NCc3ccc(F)cc3F)c1=O)C[C@@H]1C[C@@H]3C[C@@H](CC3C)N1C2=O. The number of fused-ring (bicyclic) bond motifs is 5. The summed E-state index contributed by atoms with van der Waals surface area (Å²) in [6.07, 6.45) is 4.23. The number of hydrogen-bond donors (Lipinski definition) is 1. The molecule has 3 aliphatic rings. The van der Waals surface area contributed by atoms with Crippen LogP contribution in [0.4, 0.5) is 8.78 Å². The van der Waals surface area contributed by atoms with Crippen LogP contribution in [-0.4, -0.2) is 40.5 Å². The standard InChI is InChI=1S/C24H25F2N3O4/c1-12-5-16-6-14(12)7-17-10-28-11-18(21(30)22(33-2)20(28)24(32)29(16)17)23(31)27-9-13-3-4-15(25)8-19(13)26/h3-4,8,11-12,14,16-17H,5-7,9-10H2,1-2H3,(H,27,31)/t12?,14-,16+,17-/m0/s1. The molecule has 0 spiro atoms. The Labute approximate surface area is 189 Å². The highest BCUT2D eigenvalue weighted by Gasteiger charge is 2.49. The van der Waals surface area contributed by atoms with E-state index in [9.17, 15) is 23.2 Å². The molecular formula is C24H25F2N3O4. The van der Waals surface area contributed by atoms with Crippen molar-refractivity contribution in [2.45, 2.75) is 51.4 Å². The molecule has 4 atom stereocenters. The van der Waals surface area contributed by atoms with Crippen molar-refractivity contribution >= 4 is 11.8 Å². The van der Waals surface area contributed by atoms with E-state index in [4.69, 9.17) is 4.74 Å². The van der Waals surface area contributed by atoms with Crippen molar-refractivity contribution in [1.82, 2.24) is 14.8 Å². The number of pyridine rings is 1. The summed E-state index contributed by atoms with van der Waals surface area (Å²) >= 11 is 0. The summed E-state index contributed by atoms with van der Waals surface area (Å²) in [5.41, 5.74) is -0.626. The Hall–Kier alpha value is -3.23. The van der Waals surface area contributed by atoms with Gasteiger partial charge in [-0.1, -0.05) is 13.0 Å². The molecule has 1 aromatic heterocycles. The molecule has 2 aliphatic heterocycles. The van der Waals surface area contributed by atoms with Crippen LogP contribution in [0.2, 0.25) is 0 Å². The van der Waals surface area contributed by atoms with Crippen molar-refractivity contribution < 1.29 is 23.1 Å². The van der Waals surface area contributed by atoms with Gasteiger partial charge < -0.3 is 19.5 Å². The third-order valence-corrected chi connectivity index (χ3v) is 7.37. The molecule has 1 saturated carbocycles. The first kappa shape index (κ1) is 21.6. The summed E-state index contributed by atoms with van der Waals surface area (Å²) in [6, 6.07) is 3.23. The molecule has 2 fully saturated rings. The largest absolute Gasteiger partial charge is 0.491 e. The predicted molar refractivity (Wildman–Crippen MR) is 115 cm³/mol. The lowest BCUT2D eigenvalue weighted by atomic mass is 9.87. The van der Waals surface area contributed by atoms with Crippen molar-refractivity contribution in [3.05, 3.63) is 63.1 Å². The van der Waals surface area contributed by atoms with Gasteiger partial charge >= 0.3 is 0 Å². The third-order valence-electron chi connectivity index (χ3n) is 7.37. The number of rotatable bonds is 4. The van der Waals surface area contributed by atoms with Crippen molar-refractivity contribution in [2.24, 2.45) is 11.8 Å². The summed E-state index contributed by atoms with van der Waals surface area (Å²) in [7, 11) is 1.30. The lowest BCUT2D eigenvalue weighted by molar-refractivity contribution is 0.0335. The highest BCUT2D eigenvalue weighted by Crippen LogP contribution is 2.46. The molecule has 1 aliphatic carbocycles. The second kappa shape index (κ2) is 7.97. The molecule has 1 aromatic carbocycles. The summed E-state index contributed by atoms with van der Waals surface area (Å²) in [4.78, 5) is 41.2. The number of methoxy groups -OCH3 is 1. The van der Waals surface area contributed by atoms with E-state index < -0.39 is 23.0 Å². The minimum absolute atomic E-state index is 0.00938. The Balaban J connectivity index is 1.46. The monoisotopic (exact) mass is 457 g/mol. The van der Waals surface area contributed by atoms with Gasteiger partial charge in [0.15, 0.2) is 11.4 Å². The zero-order valence-electron chi connectivity index (χ0n) is 18.4. The summed E-state index contributed by atoms with van der Waals surface area (Å²) in [5.74, 6) is -1.51. The molecular weight excluding hydrogens is 432 g/mol. The zero-order chi connectivity index (χ0) is 23.4. The van der Waals surface area contributed by atoms with E-state index >= 15 is 0 Å². The smallest absolute Gasteiger partial charge is 0.275 e. The Morgan fingerprint density at radius 3 is 2.67 bits per heavy atom. The van der Waals surface area contributed by atoms with Crippen molar-refractivity contribution in [1.29, 1.82) is 0 Å². The maximum Gasteiger partial charge on any atom is 0.275 e. The molecule has 2 bridgehead atoms. The lowest BCUT2D eigenvalue weighted by Gasteiger charge is -2.45. The fourth-order valence-corrected chi connectivity index (χ4v) is 5.75. The molecule has 2 amide bonds. The maximum atomic E-state index is 13.9. The number of hydrogen-bond acceptors (Lipinski definition) is 4. The number of nitrogens with one attached hydrogen (secondary N) is 1. The Kier molecular flexibility index (Phi) is 5.22. The van der Waals surface area contributed by atoms with Gasteiger partial charge in [-0.3, -0.25) is 14.4 Å². The normalized spacial score (nSPS) is 25.5. The second-order valence-corrected chi connectivity index (χ2v) is 9.29. The van der Waals surface area contributed by atoms with Gasteiger partial charge in [0.25, 0.3) is 11.8 Å². The number of aromatic nitrogens is 1. The molecule has 1 unspecified atom stereocenters. The van der Waals surface area contributed by atoms with E-state index in [0.29, 0.717) is 18.4 Å². The number of carbonyl (C=O) groups excluding carboxylic acids is 2. The van der Waals surface area contributed by atoms with E-state index in [1.165, 1.54) is 19.4 Å². The molecule has 3 heterocycles. The van der Waals surface area contributed by atoms with E-state index in [-0.39, 0.29) is 47.1 Å². The minimum atomic E-state index is -0.790. The van der Waals surface area contributed by atoms with Crippen LogP contribution in [0, 0.1) is 23.5 Å². The molecule has 33 heavy (non-hydrogen) atoms. The van der Waals surface area contributed by atoms with Gasteiger partial charge in [-0.25, -0.2) is 8.78 Å². The fraction of sp³-hybridized carbons (Fsp3) is 0.458. The topological polar surface area (TPSA) is 80.6 Å². The van der Waals surface area contributed by atoms with Gasteiger partial charge in [0.05, 0.1) is 13.2 Å². The molecule has 174 valence electrons. The highest BCUT2D eigenvalue weighted by atomic mass is 19.1. The number of benzene rings is 1. The predicted octanol–water partition coefficient (Wildman–Crippen LogP) is 2.71. The molecule has 1 N–H and O–H groups in total. The molecule has 7 nitrogen and oxygen atoms in total. The van der Waals surface area contributed by atoms with Gasteiger partial charge in [-0.05, 0) is 37.2 Å². The Morgan fingerprint density at radius 1 is 1.18 bits per heavy atom. The van der Waals surface area contributed by atoms with Crippen LogP contribution in [-0.2, 0) is 13.1 Å². The molecule has 1 saturated heterocycles. The van der Waals surface area contributed by atoms with Crippen LogP contribution >= 0.6 is 0 Å². The van der Waals surface area contributed by atoms with Gasteiger partial charge in [0, 0.05) is 37.0 Å². The van der Waals surface area contributed by atoms with E-state index in [1.807, 2.05) is 4.90 Å². The first-order valence-corrected chi connectivity index (χ1v) is 11.1. The number of ether oxygens (including phenoxy) is 1. The second-order valence-electron chi connectivity index (χ2n) is 9.29. The van der Waals surface area contributed by atoms with Crippen LogP contribution in [0.25, 0.3) is 0 Å². The van der Waals surface area contributed by atoms with E-state index in [0.717, 1.165) is 31.4 Å². The molecule has 0 radical (unpaired) electrons. The van der Waals surface area contributed by atoms with Crippen LogP contribution in [0.3, 0.4) is 0 Å². The lowest BCUT2D eigenvalue weighted by Crippen LogP contribution is -2.55. The van der Waals surface area contributed by atoms with E-state index in [2.05, 4.69) is 12.2 Å². The maximum absolute atomic E-state index is 13.9. The van der Waals surface area contributed by atoms with Gasteiger partial charge in [-0.2, -0.15) is 0 Å². The molecule has 5 rings (SSSR count). The highest BCUT2D eigenvalue weighted by molar-refractivity contribution is 5.99. The summed E-state index contributed by atoms with van der Waals surface area (Å²) in [6.45, 7) is 2.48. The first-order valence-electron chi connectivity index (χ1n) is 11.1. The average Bonchev–Trinajstić information content (AvgIpc) is 3.06. The fourth-order valence-electron chi connectivity index (χ4n) is 5.75. The van der Waals surface area contributed by atoms with Gasteiger partial charge in [0.2, 0.25) is 5.43 Å². The quantitative estimate of drug-likeness (QED) is 0.766. The molecule has 9 heteroatoms. The van der Waals surface area contributed by atoms with Gasteiger partial charge in [-0.15, -0.1) is 0 Å². The number of amides is 2. The van der Waals surface area contributed by atoms with Crippen LogP contribution in [0.5, 0.6) is 5.75 Å². The Morgan fingerprint density at radius 2 is 1.94 bits per heavy atom. The average molecular weight is 457 g/mol. The minimum Gasteiger partial charge on any atom is -0.491 e.